The molecule has 4 rings (SSSR count). The Bertz CT molecular complexity index is 862. The van der Waals surface area contributed by atoms with Gasteiger partial charge in [0.15, 0.2) is 5.54 Å². The Kier molecular flexibility index (Phi) is 5.03. The topological polar surface area (TPSA) is 91.3 Å². The number of carbonyl (C=O) groups excluding carboxylic acids is 1. The number of amides is 1. The van der Waals surface area contributed by atoms with Gasteiger partial charge in [0.05, 0.1) is 0 Å². The first kappa shape index (κ1) is 18.5. The van der Waals surface area contributed by atoms with Gasteiger partial charge in [0, 0.05) is 18.2 Å². The van der Waals surface area contributed by atoms with E-state index in [1.54, 1.807) is 6.20 Å². The van der Waals surface area contributed by atoms with E-state index in [-0.39, 0.29) is 11.8 Å². The zero-order valence-electron chi connectivity index (χ0n) is 15.7. The van der Waals surface area contributed by atoms with Crippen molar-refractivity contribution in [2.75, 3.05) is 5.32 Å². The Morgan fingerprint density at radius 1 is 1.04 bits per heavy atom. The molecule has 0 spiro atoms. The second kappa shape index (κ2) is 7.62. The van der Waals surface area contributed by atoms with Gasteiger partial charge in [-0.25, -0.2) is 9.78 Å². The number of carbonyl (C=O) groups is 2. The third-order valence-electron chi connectivity index (χ3n) is 6.06. The van der Waals surface area contributed by atoms with Gasteiger partial charge in [-0.1, -0.05) is 30.3 Å². The van der Waals surface area contributed by atoms with Crippen LogP contribution in [-0.4, -0.2) is 28.0 Å². The summed E-state index contributed by atoms with van der Waals surface area (Å²) in [6.07, 6.45) is 6.05. The minimum Gasteiger partial charge on any atom is -0.479 e. The normalized spacial score (nSPS) is 26.3. The molecule has 1 aromatic heterocycles. The number of carboxylic acids is 1. The van der Waals surface area contributed by atoms with Crippen LogP contribution in [0.1, 0.15) is 43.2 Å². The summed E-state index contributed by atoms with van der Waals surface area (Å²) >= 11 is 0. The van der Waals surface area contributed by atoms with Crippen LogP contribution in [0.3, 0.4) is 0 Å². The summed E-state index contributed by atoms with van der Waals surface area (Å²) < 4.78 is 0. The van der Waals surface area contributed by atoms with E-state index in [4.69, 9.17) is 0 Å². The largest absolute Gasteiger partial charge is 0.479 e. The number of fused-ring (bicyclic) bond motifs is 1. The number of nitrogens with zero attached hydrogens (tertiary/aromatic N) is 1. The Morgan fingerprint density at radius 2 is 1.79 bits per heavy atom. The summed E-state index contributed by atoms with van der Waals surface area (Å²) in [5.41, 5.74) is 0.436. The molecule has 1 heterocycles. The number of carboxylic acid groups (broad SMARTS) is 1. The van der Waals surface area contributed by atoms with E-state index in [2.05, 4.69) is 15.6 Å². The number of pyridine rings is 1. The summed E-state index contributed by atoms with van der Waals surface area (Å²) in [4.78, 5) is 29.3. The van der Waals surface area contributed by atoms with Gasteiger partial charge in [0.2, 0.25) is 5.91 Å². The van der Waals surface area contributed by atoms with E-state index >= 15 is 0 Å². The minimum atomic E-state index is -1.29. The van der Waals surface area contributed by atoms with Crippen LogP contribution in [0.25, 0.3) is 0 Å². The van der Waals surface area contributed by atoms with E-state index in [1.807, 2.05) is 42.5 Å². The monoisotopic (exact) mass is 379 g/mol. The van der Waals surface area contributed by atoms with Crippen LogP contribution in [0.4, 0.5) is 5.82 Å². The fourth-order valence-electron chi connectivity index (χ4n) is 4.49. The predicted molar refractivity (Wildman–Crippen MR) is 106 cm³/mol. The molecule has 1 unspecified atom stereocenters. The van der Waals surface area contributed by atoms with Gasteiger partial charge in [-0.15, -0.1) is 0 Å². The molecule has 2 aliphatic rings. The molecule has 3 N–H and O–H groups in total. The fraction of sp³-hybridized carbons (Fsp3) is 0.409. The van der Waals surface area contributed by atoms with Gasteiger partial charge in [0.1, 0.15) is 5.82 Å². The minimum absolute atomic E-state index is 0.143. The van der Waals surface area contributed by atoms with Gasteiger partial charge in [-0.05, 0) is 61.8 Å². The van der Waals surface area contributed by atoms with Crippen molar-refractivity contribution in [2.45, 2.75) is 50.1 Å². The summed E-state index contributed by atoms with van der Waals surface area (Å²) in [7, 11) is 0. The fourth-order valence-corrected chi connectivity index (χ4v) is 4.49. The summed E-state index contributed by atoms with van der Waals surface area (Å²) in [6.45, 7) is 0. The number of rotatable bonds is 5. The molecule has 0 aliphatic heterocycles. The lowest BCUT2D eigenvalue weighted by molar-refractivity contribution is -0.149. The maximum atomic E-state index is 12.9. The average Bonchev–Trinajstić information content (AvgIpc) is 3.09. The molecule has 146 valence electrons. The quantitative estimate of drug-likeness (QED) is 0.743. The molecule has 1 saturated carbocycles. The van der Waals surface area contributed by atoms with Crippen molar-refractivity contribution in [2.24, 2.45) is 5.92 Å². The van der Waals surface area contributed by atoms with Crippen LogP contribution in [-0.2, 0) is 21.5 Å². The zero-order valence-corrected chi connectivity index (χ0v) is 15.7. The van der Waals surface area contributed by atoms with Crippen LogP contribution in [0.15, 0.2) is 48.7 Å². The smallest absolute Gasteiger partial charge is 0.334 e. The number of aryl methyl sites for hydroxylation is 1. The van der Waals surface area contributed by atoms with Crippen molar-refractivity contribution in [3.8, 4) is 0 Å². The van der Waals surface area contributed by atoms with E-state index in [0.717, 1.165) is 42.6 Å². The summed E-state index contributed by atoms with van der Waals surface area (Å²) in [5, 5.41) is 16.3. The van der Waals surface area contributed by atoms with Crippen molar-refractivity contribution in [3.63, 3.8) is 0 Å². The number of anilines is 1. The van der Waals surface area contributed by atoms with Crippen molar-refractivity contribution in [1.82, 2.24) is 10.3 Å². The maximum Gasteiger partial charge on any atom is 0.334 e. The number of nitrogens with one attached hydrogen (secondary N) is 2. The highest BCUT2D eigenvalue weighted by atomic mass is 16.4. The number of benzene rings is 1. The molecule has 28 heavy (non-hydrogen) atoms. The van der Waals surface area contributed by atoms with Crippen LogP contribution >= 0.6 is 0 Å². The molecule has 0 radical (unpaired) electrons. The highest BCUT2D eigenvalue weighted by Crippen LogP contribution is 2.38. The Labute approximate surface area is 164 Å². The molecule has 0 bridgehead atoms. The van der Waals surface area contributed by atoms with Crippen LogP contribution in [0.5, 0.6) is 0 Å². The molecule has 6 heteroatoms. The van der Waals surface area contributed by atoms with E-state index < -0.39 is 11.5 Å². The Balaban J connectivity index is 1.40. The standard InChI is InChI=1S/C22H25N3O3/c26-20(16-8-10-17(11-9-16)24-19-7-3-4-14-23-19)25-22(21(27)28)13-12-15-5-1-2-6-18(15)22/h1-7,14,16-17H,8-13H2,(H,23,24)(H,25,26)(H,27,28). The molecule has 1 atom stereocenters. The first-order chi connectivity index (χ1) is 13.6. The average molecular weight is 379 g/mol. The first-order valence-corrected chi connectivity index (χ1v) is 9.90. The number of aromatic nitrogens is 1. The lowest BCUT2D eigenvalue weighted by atomic mass is 9.84. The molecule has 1 amide bonds. The van der Waals surface area contributed by atoms with Gasteiger partial charge in [-0.2, -0.15) is 0 Å². The van der Waals surface area contributed by atoms with Crippen LogP contribution < -0.4 is 10.6 Å². The molecular formula is C22H25N3O3. The van der Waals surface area contributed by atoms with Gasteiger partial charge >= 0.3 is 5.97 Å². The van der Waals surface area contributed by atoms with Crippen molar-refractivity contribution in [1.29, 1.82) is 0 Å². The van der Waals surface area contributed by atoms with E-state index in [9.17, 15) is 14.7 Å². The molecule has 2 aliphatic carbocycles. The van der Waals surface area contributed by atoms with Gasteiger partial charge in [-0.3, -0.25) is 4.79 Å². The highest BCUT2D eigenvalue weighted by Gasteiger charge is 2.47. The molecular weight excluding hydrogens is 354 g/mol. The second-order valence-electron chi connectivity index (χ2n) is 7.76. The molecule has 1 aromatic carbocycles. The zero-order chi connectivity index (χ0) is 19.6. The molecule has 0 saturated heterocycles. The Hall–Kier alpha value is -2.89. The van der Waals surface area contributed by atoms with Gasteiger partial charge in [0.25, 0.3) is 0 Å². The highest BCUT2D eigenvalue weighted by molar-refractivity contribution is 5.90. The van der Waals surface area contributed by atoms with E-state index in [0.29, 0.717) is 18.9 Å². The van der Waals surface area contributed by atoms with Gasteiger partial charge < -0.3 is 15.7 Å². The lowest BCUT2D eigenvalue weighted by Crippen LogP contribution is -2.52. The Morgan fingerprint density at radius 3 is 2.50 bits per heavy atom. The maximum absolute atomic E-state index is 12.9. The SMILES string of the molecule is O=C(NC1(C(=O)O)CCc2ccccc21)C1CCC(Nc2ccccn2)CC1. The third-order valence-corrected chi connectivity index (χ3v) is 6.06. The van der Waals surface area contributed by atoms with Crippen molar-refractivity contribution < 1.29 is 14.7 Å². The third kappa shape index (κ3) is 3.46. The van der Waals surface area contributed by atoms with Crippen molar-refractivity contribution >= 4 is 17.7 Å². The lowest BCUT2D eigenvalue weighted by Gasteiger charge is -2.32. The van der Waals surface area contributed by atoms with Crippen LogP contribution in [0.2, 0.25) is 0 Å². The summed E-state index contributed by atoms with van der Waals surface area (Å²) in [5.74, 6) is -0.416. The molecule has 1 fully saturated rings. The summed E-state index contributed by atoms with van der Waals surface area (Å²) in [6, 6.07) is 13.6. The van der Waals surface area contributed by atoms with Crippen LogP contribution in [0, 0.1) is 5.92 Å². The van der Waals surface area contributed by atoms with E-state index in [1.165, 1.54) is 0 Å². The number of hydrogen-bond acceptors (Lipinski definition) is 4. The van der Waals surface area contributed by atoms with Crippen molar-refractivity contribution in [3.05, 3.63) is 59.8 Å². The first-order valence-electron chi connectivity index (χ1n) is 9.90. The molecule has 6 nitrogen and oxygen atoms in total. The number of hydrogen-bond donors (Lipinski definition) is 3. The predicted octanol–water partition coefficient (Wildman–Crippen LogP) is 3.09. The second-order valence-corrected chi connectivity index (χ2v) is 7.76. The molecule has 2 aromatic rings. The number of aliphatic carboxylic acids is 1.